The number of anilines is 2. The second kappa shape index (κ2) is 9.26. The minimum Gasteiger partial charge on any atom is -0.369 e. The zero-order valence-corrected chi connectivity index (χ0v) is 19.5. The third-order valence-corrected chi connectivity index (χ3v) is 6.83. The van der Waals surface area contributed by atoms with Gasteiger partial charge in [-0.3, -0.25) is 9.19 Å². The molecule has 0 aliphatic heterocycles. The molecule has 0 radical (unpaired) electrons. The number of hydrogen-bond acceptors (Lipinski definition) is 10. The van der Waals surface area contributed by atoms with Crippen molar-refractivity contribution in [3.63, 3.8) is 0 Å². The number of pyridine rings is 2. The lowest BCUT2D eigenvalue weighted by Crippen LogP contribution is -2.36. The molecule has 4 heterocycles. The molecule has 11 heteroatoms. The molecule has 4 aromatic rings. The summed E-state index contributed by atoms with van der Waals surface area (Å²) in [7, 11) is -0.841. The highest BCUT2D eigenvalue weighted by molar-refractivity contribution is 7.84. The summed E-state index contributed by atoms with van der Waals surface area (Å²) >= 11 is 0. The zero-order chi connectivity index (χ0) is 23.5. The topological polar surface area (TPSA) is 146 Å². The van der Waals surface area contributed by atoms with E-state index >= 15 is 0 Å². The van der Waals surface area contributed by atoms with E-state index in [1.807, 2.05) is 24.4 Å². The third kappa shape index (κ3) is 4.38. The van der Waals surface area contributed by atoms with Gasteiger partial charge in [0.15, 0.2) is 5.82 Å². The standard InChI is InChI=1S/C23H24N8O2S/c1-34(32)10-9-25-19-6-3-15(11-27-19)20-30-21(31-33-20)23(7-2-8-23)17-4-5-18(26-14-17)16-12-28-22(24)29-13-16/h3-6,11-14H,2,7-10H2,1H3,(H,25,27)(H2,24,28,29). The molecule has 10 nitrogen and oxygen atoms in total. The maximum Gasteiger partial charge on any atom is 0.259 e. The largest absolute Gasteiger partial charge is 0.369 e. The summed E-state index contributed by atoms with van der Waals surface area (Å²) in [6.07, 6.45) is 11.5. The Morgan fingerprint density at radius 1 is 1.03 bits per heavy atom. The van der Waals surface area contributed by atoms with Crippen molar-refractivity contribution in [1.29, 1.82) is 0 Å². The SMILES string of the molecule is CS(=O)CCNc1ccc(-c2nc(C3(c4ccc(-c5cnc(N)nc5)nc4)CCC3)no2)cn1. The van der Waals surface area contributed by atoms with Crippen molar-refractivity contribution in [3.05, 3.63) is 60.4 Å². The molecule has 1 aliphatic rings. The molecule has 0 bridgehead atoms. The zero-order valence-electron chi connectivity index (χ0n) is 18.6. The Morgan fingerprint density at radius 2 is 1.82 bits per heavy atom. The average Bonchev–Trinajstić information content (AvgIpc) is 3.30. The molecular formula is C23H24N8O2S. The molecule has 0 amide bonds. The predicted octanol–water partition coefficient (Wildman–Crippen LogP) is 2.83. The summed E-state index contributed by atoms with van der Waals surface area (Å²) in [6, 6.07) is 7.74. The van der Waals surface area contributed by atoms with Crippen LogP contribution < -0.4 is 11.1 Å². The lowest BCUT2D eigenvalue weighted by molar-refractivity contribution is 0.272. The fraction of sp³-hybridized carbons (Fsp3) is 0.304. The number of nitrogen functional groups attached to an aromatic ring is 1. The molecule has 1 saturated carbocycles. The molecule has 34 heavy (non-hydrogen) atoms. The van der Waals surface area contributed by atoms with Gasteiger partial charge in [0, 0.05) is 59.7 Å². The van der Waals surface area contributed by atoms with Crippen LogP contribution in [-0.2, 0) is 16.2 Å². The fourth-order valence-electron chi connectivity index (χ4n) is 3.97. The van der Waals surface area contributed by atoms with Crippen molar-refractivity contribution >= 4 is 22.6 Å². The minimum absolute atomic E-state index is 0.233. The summed E-state index contributed by atoms with van der Waals surface area (Å²) in [5.41, 5.74) is 8.64. The van der Waals surface area contributed by atoms with Crippen LogP contribution in [0, 0.1) is 0 Å². The van der Waals surface area contributed by atoms with E-state index in [2.05, 4.69) is 36.5 Å². The number of hydrogen-bond donors (Lipinski definition) is 2. The molecular weight excluding hydrogens is 452 g/mol. The second-order valence-electron chi connectivity index (χ2n) is 8.26. The van der Waals surface area contributed by atoms with Gasteiger partial charge in [0.1, 0.15) is 5.82 Å². The van der Waals surface area contributed by atoms with Crippen molar-refractivity contribution in [2.75, 3.05) is 29.6 Å². The number of nitrogens with two attached hydrogens (primary N) is 1. The van der Waals surface area contributed by atoms with Gasteiger partial charge >= 0.3 is 0 Å². The van der Waals surface area contributed by atoms with Gasteiger partial charge in [-0.25, -0.2) is 15.0 Å². The molecule has 1 atom stereocenters. The van der Waals surface area contributed by atoms with Crippen LogP contribution in [0.2, 0.25) is 0 Å². The lowest BCUT2D eigenvalue weighted by atomic mass is 9.64. The lowest BCUT2D eigenvalue weighted by Gasteiger charge is -2.39. The summed E-state index contributed by atoms with van der Waals surface area (Å²) in [4.78, 5) is 21.8. The van der Waals surface area contributed by atoms with Crippen molar-refractivity contribution in [2.24, 2.45) is 0 Å². The van der Waals surface area contributed by atoms with E-state index in [-0.39, 0.29) is 11.4 Å². The molecule has 0 aromatic carbocycles. The minimum atomic E-state index is -0.841. The molecule has 174 valence electrons. The van der Waals surface area contributed by atoms with Gasteiger partial charge in [0.2, 0.25) is 5.95 Å². The summed E-state index contributed by atoms with van der Waals surface area (Å²) < 4.78 is 16.8. The van der Waals surface area contributed by atoms with E-state index in [0.29, 0.717) is 29.8 Å². The number of nitrogens with one attached hydrogen (secondary N) is 1. The van der Waals surface area contributed by atoms with Crippen LogP contribution in [0.3, 0.4) is 0 Å². The van der Waals surface area contributed by atoms with Gasteiger partial charge in [-0.05, 0) is 36.6 Å². The highest BCUT2D eigenvalue weighted by atomic mass is 32.2. The quantitative estimate of drug-likeness (QED) is 0.389. The van der Waals surface area contributed by atoms with Gasteiger partial charge in [0.05, 0.1) is 16.7 Å². The highest BCUT2D eigenvalue weighted by Gasteiger charge is 2.44. The third-order valence-electron chi connectivity index (χ3n) is 6.05. The number of aromatic nitrogens is 6. The van der Waals surface area contributed by atoms with Crippen molar-refractivity contribution in [1.82, 2.24) is 30.1 Å². The smallest absolute Gasteiger partial charge is 0.259 e. The van der Waals surface area contributed by atoms with Gasteiger partial charge in [0.25, 0.3) is 5.89 Å². The van der Waals surface area contributed by atoms with Crippen LogP contribution in [0.25, 0.3) is 22.7 Å². The second-order valence-corrected chi connectivity index (χ2v) is 9.81. The Labute approximate surface area is 198 Å². The van der Waals surface area contributed by atoms with E-state index in [0.717, 1.165) is 41.6 Å². The average molecular weight is 477 g/mol. The van der Waals surface area contributed by atoms with Gasteiger partial charge < -0.3 is 15.6 Å². The van der Waals surface area contributed by atoms with Crippen LogP contribution in [0.1, 0.15) is 30.7 Å². The van der Waals surface area contributed by atoms with Crippen LogP contribution in [0.4, 0.5) is 11.8 Å². The maximum absolute atomic E-state index is 11.2. The van der Waals surface area contributed by atoms with Gasteiger partial charge in [-0.1, -0.05) is 17.6 Å². The Hall–Kier alpha value is -3.73. The summed E-state index contributed by atoms with van der Waals surface area (Å²) in [6.45, 7) is 0.598. The Morgan fingerprint density at radius 3 is 2.44 bits per heavy atom. The highest BCUT2D eigenvalue weighted by Crippen LogP contribution is 2.48. The van der Waals surface area contributed by atoms with Crippen LogP contribution in [0.15, 0.2) is 53.6 Å². The molecule has 1 unspecified atom stereocenters. The van der Waals surface area contributed by atoms with Crippen LogP contribution in [-0.4, -0.2) is 52.8 Å². The van der Waals surface area contributed by atoms with E-state index in [1.165, 1.54) is 0 Å². The monoisotopic (exact) mass is 476 g/mol. The van der Waals surface area contributed by atoms with Crippen molar-refractivity contribution in [2.45, 2.75) is 24.7 Å². The normalized spacial score (nSPS) is 15.4. The van der Waals surface area contributed by atoms with Crippen molar-refractivity contribution in [3.8, 4) is 22.7 Å². The van der Waals surface area contributed by atoms with E-state index in [4.69, 9.17) is 15.2 Å². The predicted molar refractivity (Wildman–Crippen MR) is 129 cm³/mol. The first kappa shape index (κ1) is 22.1. The van der Waals surface area contributed by atoms with Crippen LogP contribution >= 0.6 is 0 Å². The summed E-state index contributed by atoms with van der Waals surface area (Å²) in [5.74, 6) is 2.60. The first-order valence-corrected chi connectivity index (χ1v) is 12.7. The maximum atomic E-state index is 11.2. The van der Waals surface area contributed by atoms with E-state index < -0.39 is 10.8 Å². The van der Waals surface area contributed by atoms with Gasteiger partial charge in [-0.2, -0.15) is 4.98 Å². The first-order chi connectivity index (χ1) is 16.5. The van der Waals surface area contributed by atoms with Gasteiger partial charge in [-0.15, -0.1) is 0 Å². The Kier molecular flexibility index (Phi) is 6.01. The molecule has 3 N–H and O–H groups in total. The fourth-order valence-corrected chi connectivity index (χ4v) is 4.36. The molecule has 5 rings (SSSR count). The molecule has 4 aromatic heterocycles. The van der Waals surface area contributed by atoms with Crippen LogP contribution in [0.5, 0.6) is 0 Å². The van der Waals surface area contributed by atoms with E-state index in [9.17, 15) is 4.21 Å². The first-order valence-electron chi connectivity index (χ1n) is 10.9. The Balaban J connectivity index is 1.34. The van der Waals surface area contributed by atoms with Crippen molar-refractivity contribution < 1.29 is 8.73 Å². The molecule has 0 saturated heterocycles. The number of nitrogens with zero attached hydrogens (tertiary/aromatic N) is 6. The summed E-state index contributed by atoms with van der Waals surface area (Å²) in [5, 5.41) is 7.47. The number of rotatable bonds is 8. The molecule has 1 fully saturated rings. The Bertz CT molecular complexity index is 1290. The molecule has 1 aliphatic carbocycles. The van der Waals surface area contributed by atoms with E-state index in [1.54, 1.807) is 24.8 Å². The molecule has 0 spiro atoms.